The molecule has 212 valence electrons. The molecule has 4 aromatic rings. The molecule has 2 N–H and O–H groups in total. The maximum Gasteiger partial charge on any atom is 0.337 e. The van der Waals surface area contributed by atoms with Crippen LogP contribution in [0.25, 0.3) is 5.69 Å². The number of ether oxygens (including phenoxy) is 1. The van der Waals surface area contributed by atoms with Gasteiger partial charge in [0.1, 0.15) is 16.4 Å². The minimum atomic E-state index is -0.731. The third kappa shape index (κ3) is 4.97. The van der Waals surface area contributed by atoms with Crippen LogP contribution in [0.1, 0.15) is 26.4 Å². The average Bonchev–Trinajstić information content (AvgIpc) is 3.35. The number of rotatable bonds is 7. The van der Waals surface area contributed by atoms with E-state index in [9.17, 15) is 24.0 Å². The maximum absolute atomic E-state index is 13.1. The van der Waals surface area contributed by atoms with Crippen molar-refractivity contribution in [3.8, 4) is 5.69 Å². The first-order valence-electron chi connectivity index (χ1n) is 12.6. The Hall–Kier alpha value is -5.42. The van der Waals surface area contributed by atoms with Crippen molar-refractivity contribution in [1.29, 1.82) is 0 Å². The molecular weight excluding hydrogens is 562 g/mol. The third-order valence-electron chi connectivity index (χ3n) is 6.78. The second kappa shape index (κ2) is 11.2. The first-order chi connectivity index (χ1) is 20.1. The van der Waals surface area contributed by atoms with E-state index >= 15 is 0 Å². The van der Waals surface area contributed by atoms with Crippen LogP contribution in [0.5, 0.6) is 0 Å². The number of hydrogen-bond donors (Lipinski definition) is 2. The number of esters is 1. The van der Waals surface area contributed by atoms with Gasteiger partial charge in [-0.2, -0.15) is 0 Å². The van der Waals surface area contributed by atoms with Crippen LogP contribution in [0.15, 0.2) is 94.4 Å². The Bertz CT molecular complexity index is 1820. The highest BCUT2D eigenvalue weighted by Crippen LogP contribution is 2.30. The number of nitrogens with one attached hydrogen (secondary N) is 2. The number of anilines is 3. The van der Waals surface area contributed by atoms with Crippen LogP contribution in [0.2, 0.25) is 0 Å². The Morgan fingerprint density at radius 3 is 2.05 bits per heavy atom. The van der Waals surface area contributed by atoms with Gasteiger partial charge in [-0.3, -0.25) is 23.9 Å². The Morgan fingerprint density at radius 2 is 1.43 bits per heavy atom. The topological polar surface area (TPSA) is 132 Å². The summed E-state index contributed by atoms with van der Waals surface area (Å²) >= 11 is 6.22. The fourth-order valence-electron chi connectivity index (χ4n) is 4.46. The summed E-state index contributed by atoms with van der Waals surface area (Å²) in [5.41, 5.74) is 2.01. The third-order valence-corrected chi connectivity index (χ3v) is 7.13. The Morgan fingerprint density at radius 1 is 0.810 bits per heavy atom. The fraction of sp³-hybridized carbons (Fsp3) is 0.100. The minimum Gasteiger partial charge on any atom is -0.465 e. The number of methoxy groups -OCH3 is 1. The van der Waals surface area contributed by atoms with Crippen LogP contribution in [0.3, 0.4) is 0 Å². The van der Waals surface area contributed by atoms with E-state index in [1.807, 2.05) is 18.2 Å². The number of hydrogen-bond acceptors (Lipinski definition) is 7. The predicted octanol–water partition coefficient (Wildman–Crippen LogP) is 3.96. The van der Waals surface area contributed by atoms with Crippen molar-refractivity contribution in [2.45, 2.75) is 6.92 Å². The number of amides is 3. The van der Waals surface area contributed by atoms with Crippen LogP contribution in [0, 0.1) is 6.92 Å². The molecule has 11 nitrogen and oxygen atoms in total. The number of para-hydroxylation sites is 1. The highest BCUT2D eigenvalue weighted by atomic mass is 35.5. The quantitative estimate of drug-likeness (QED) is 0.248. The highest BCUT2D eigenvalue weighted by molar-refractivity contribution is 6.53. The number of imide groups is 1. The second-order valence-corrected chi connectivity index (χ2v) is 9.64. The molecule has 42 heavy (non-hydrogen) atoms. The van der Waals surface area contributed by atoms with Gasteiger partial charge in [-0.05, 0) is 67.6 Å². The second-order valence-electron chi connectivity index (χ2n) is 9.27. The van der Waals surface area contributed by atoms with Gasteiger partial charge in [0, 0.05) is 18.3 Å². The van der Waals surface area contributed by atoms with E-state index in [0.717, 1.165) is 4.90 Å². The van der Waals surface area contributed by atoms with Crippen LogP contribution in [-0.4, -0.2) is 40.2 Å². The summed E-state index contributed by atoms with van der Waals surface area (Å²) in [6.45, 7) is 1.73. The lowest BCUT2D eigenvalue weighted by Crippen LogP contribution is -2.32. The van der Waals surface area contributed by atoms with E-state index in [2.05, 4.69) is 15.4 Å². The van der Waals surface area contributed by atoms with Crippen LogP contribution >= 0.6 is 11.6 Å². The molecule has 0 spiro atoms. The largest absolute Gasteiger partial charge is 0.465 e. The maximum atomic E-state index is 13.1. The molecular formula is C30H24ClN5O6. The molecule has 3 aromatic carbocycles. The molecule has 0 fully saturated rings. The summed E-state index contributed by atoms with van der Waals surface area (Å²) in [6, 6.07) is 20.9. The van der Waals surface area contributed by atoms with Gasteiger partial charge in [0.05, 0.1) is 29.7 Å². The van der Waals surface area contributed by atoms with Crippen molar-refractivity contribution in [3.63, 3.8) is 0 Å². The van der Waals surface area contributed by atoms with E-state index in [1.54, 1.807) is 30.8 Å². The summed E-state index contributed by atoms with van der Waals surface area (Å²) in [6.07, 6.45) is 0. The van der Waals surface area contributed by atoms with Gasteiger partial charge in [-0.15, -0.1) is 0 Å². The van der Waals surface area contributed by atoms with E-state index in [4.69, 9.17) is 11.6 Å². The number of halogens is 1. The molecule has 0 unspecified atom stereocenters. The van der Waals surface area contributed by atoms with Gasteiger partial charge in [-0.25, -0.2) is 14.4 Å². The van der Waals surface area contributed by atoms with Gasteiger partial charge < -0.3 is 15.4 Å². The summed E-state index contributed by atoms with van der Waals surface area (Å²) in [5.74, 6) is -2.48. The van der Waals surface area contributed by atoms with Crippen molar-refractivity contribution in [3.05, 3.63) is 117 Å². The van der Waals surface area contributed by atoms with Crippen molar-refractivity contribution < 1.29 is 23.9 Å². The van der Waals surface area contributed by atoms with Crippen molar-refractivity contribution in [1.82, 2.24) is 9.36 Å². The Balaban J connectivity index is 1.30. The number of benzene rings is 3. The van der Waals surface area contributed by atoms with Gasteiger partial charge in [-0.1, -0.05) is 29.8 Å². The molecule has 0 aliphatic carbocycles. The predicted molar refractivity (Wildman–Crippen MR) is 157 cm³/mol. The molecule has 1 aromatic heterocycles. The molecule has 0 atom stereocenters. The lowest BCUT2D eigenvalue weighted by molar-refractivity contribution is -0.120. The van der Waals surface area contributed by atoms with E-state index in [-0.39, 0.29) is 38.8 Å². The van der Waals surface area contributed by atoms with E-state index < -0.39 is 23.7 Å². The summed E-state index contributed by atoms with van der Waals surface area (Å²) < 4.78 is 7.79. The zero-order valence-corrected chi connectivity index (χ0v) is 23.4. The smallest absolute Gasteiger partial charge is 0.337 e. The summed E-state index contributed by atoms with van der Waals surface area (Å²) in [7, 11) is 2.98. The summed E-state index contributed by atoms with van der Waals surface area (Å²) in [5, 5.41) is 5.23. The van der Waals surface area contributed by atoms with Crippen molar-refractivity contribution in [2.24, 2.45) is 7.05 Å². The average molecular weight is 586 g/mol. The number of carbonyl (C=O) groups excluding carboxylic acids is 4. The standard InChI is InChI=1S/C30H24ClN5O6/c1-17-24(29(40)36(34(17)2)22-7-5-4-6-8-22)33-26(37)18-9-13-20(14-10-18)32-25-23(31)27(38)35(28(25)39)21-15-11-19(12-16-21)30(41)42-3/h4-16,32H,1-3H3,(H,33,37). The molecule has 0 saturated heterocycles. The Kier molecular flexibility index (Phi) is 7.51. The molecule has 1 aliphatic rings. The lowest BCUT2D eigenvalue weighted by atomic mass is 10.2. The molecule has 2 heterocycles. The fourth-order valence-corrected chi connectivity index (χ4v) is 4.67. The molecule has 0 bridgehead atoms. The van der Waals surface area contributed by atoms with Gasteiger partial charge in [0.2, 0.25) is 0 Å². The monoisotopic (exact) mass is 585 g/mol. The van der Waals surface area contributed by atoms with Crippen molar-refractivity contribution >= 4 is 52.4 Å². The first-order valence-corrected chi connectivity index (χ1v) is 13.0. The normalized spacial score (nSPS) is 13.0. The first kappa shape index (κ1) is 28.1. The number of carbonyl (C=O) groups is 4. The zero-order valence-electron chi connectivity index (χ0n) is 22.7. The molecule has 0 saturated carbocycles. The number of aromatic nitrogens is 2. The summed E-state index contributed by atoms with van der Waals surface area (Å²) in [4.78, 5) is 64.6. The molecule has 3 amide bonds. The highest BCUT2D eigenvalue weighted by Gasteiger charge is 2.39. The molecule has 5 rings (SSSR count). The minimum absolute atomic E-state index is 0.141. The van der Waals surface area contributed by atoms with Gasteiger partial charge in [0.25, 0.3) is 23.3 Å². The van der Waals surface area contributed by atoms with Crippen LogP contribution in [-0.2, 0) is 21.4 Å². The van der Waals surface area contributed by atoms with Gasteiger partial charge in [0.15, 0.2) is 0 Å². The van der Waals surface area contributed by atoms with Crippen LogP contribution in [0.4, 0.5) is 17.1 Å². The molecule has 0 radical (unpaired) electrons. The SMILES string of the molecule is COC(=O)c1ccc(N2C(=O)C(Cl)=C(Nc3ccc(C(=O)Nc4c(C)n(C)n(-c5ccccc5)c4=O)cc3)C2=O)cc1. The van der Waals surface area contributed by atoms with Crippen LogP contribution < -0.4 is 21.1 Å². The lowest BCUT2D eigenvalue weighted by Gasteiger charge is -2.15. The van der Waals surface area contributed by atoms with E-state index in [1.165, 1.54) is 60.3 Å². The van der Waals surface area contributed by atoms with Crippen molar-refractivity contribution in [2.75, 3.05) is 22.6 Å². The number of nitrogens with zero attached hydrogens (tertiary/aromatic N) is 3. The molecule has 12 heteroatoms. The molecule has 1 aliphatic heterocycles. The van der Waals surface area contributed by atoms with Gasteiger partial charge >= 0.3 is 5.97 Å². The zero-order chi connectivity index (χ0) is 30.1. The Labute approximate surface area is 244 Å². The van der Waals surface area contributed by atoms with E-state index in [0.29, 0.717) is 17.1 Å².